The maximum absolute atomic E-state index is 5.81. The summed E-state index contributed by atoms with van der Waals surface area (Å²) in [5, 5.41) is 7.45. The lowest BCUT2D eigenvalue weighted by Gasteiger charge is -2.13. The Balaban J connectivity index is 1.58. The average molecular weight is 258 g/mol. The molecule has 5 nitrogen and oxygen atoms in total. The highest BCUT2D eigenvalue weighted by molar-refractivity contribution is 5.47. The molecule has 100 valence electrons. The van der Waals surface area contributed by atoms with E-state index in [2.05, 4.69) is 27.6 Å². The van der Waals surface area contributed by atoms with Crippen LogP contribution in [0.1, 0.15) is 35.3 Å². The van der Waals surface area contributed by atoms with Crippen molar-refractivity contribution in [2.24, 2.45) is 0 Å². The van der Waals surface area contributed by atoms with Crippen LogP contribution in [0.3, 0.4) is 0 Å². The molecule has 1 aliphatic rings. The van der Waals surface area contributed by atoms with Crippen molar-refractivity contribution in [2.75, 3.05) is 12.3 Å². The first kappa shape index (κ1) is 12.2. The second-order valence-corrected chi connectivity index (χ2v) is 4.98. The number of aryl methyl sites for hydroxylation is 2. The molecular weight excluding hydrogens is 240 g/mol. The fourth-order valence-corrected chi connectivity index (χ4v) is 2.65. The van der Waals surface area contributed by atoms with Crippen LogP contribution in [0, 0.1) is 6.92 Å². The van der Waals surface area contributed by atoms with Gasteiger partial charge >= 0.3 is 0 Å². The maximum atomic E-state index is 5.81. The summed E-state index contributed by atoms with van der Waals surface area (Å²) < 4.78 is 4.95. The largest absolute Gasteiger partial charge is 0.399 e. The third-order valence-electron chi connectivity index (χ3n) is 3.55. The fourth-order valence-electron chi connectivity index (χ4n) is 2.65. The first-order chi connectivity index (χ1) is 9.22. The summed E-state index contributed by atoms with van der Waals surface area (Å²) in [6, 6.07) is 6.61. The van der Waals surface area contributed by atoms with Crippen LogP contribution in [0.4, 0.5) is 5.69 Å². The number of nitrogen functional groups attached to an aromatic ring is 1. The molecule has 1 heterocycles. The first-order valence-electron chi connectivity index (χ1n) is 6.63. The number of nitrogens with two attached hydrogens (primary N) is 1. The van der Waals surface area contributed by atoms with Crippen molar-refractivity contribution in [1.29, 1.82) is 0 Å². The van der Waals surface area contributed by atoms with Crippen LogP contribution in [0.2, 0.25) is 0 Å². The monoisotopic (exact) mass is 258 g/mol. The Labute approximate surface area is 112 Å². The maximum Gasteiger partial charge on any atom is 0.223 e. The van der Waals surface area contributed by atoms with Crippen LogP contribution < -0.4 is 11.1 Å². The molecule has 0 saturated heterocycles. The highest BCUT2D eigenvalue weighted by Gasteiger charge is 2.21. The van der Waals surface area contributed by atoms with Gasteiger partial charge < -0.3 is 15.6 Å². The van der Waals surface area contributed by atoms with E-state index >= 15 is 0 Å². The Bertz CT molecular complexity index is 579. The van der Waals surface area contributed by atoms with Crippen LogP contribution >= 0.6 is 0 Å². The fraction of sp³-hybridized carbons (Fsp3) is 0.429. The van der Waals surface area contributed by atoms with Gasteiger partial charge in [-0.3, -0.25) is 0 Å². The molecule has 0 saturated carbocycles. The summed E-state index contributed by atoms with van der Waals surface area (Å²) in [4.78, 5) is 4.20. The highest BCUT2D eigenvalue weighted by Crippen LogP contribution is 2.32. The zero-order valence-corrected chi connectivity index (χ0v) is 11.0. The van der Waals surface area contributed by atoms with Crippen molar-refractivity contribution in [1.82, 2.24) is 15.5 Å². The van der Waals surface area contributed by atoms with Crippen molar-refractivity contribution in [3.05, 3.63) is 41.0 Å². The van der Waals surface area contributed by atoms with E-state index in [4.69, 9.17) is 10.3 Å². The molecular formula is C14H18N4O. The minimum absolute atomic E-state index is 0.420. The van der Waals surface area contributed by atoms with Gasteiger partial charge in [-0.05, 0) is 36.1 Å². The molecule has 19 heavy (non-hydrogen) atoms. The van der Waals surface area contributed by atoms with Crippen LogP contribution in [0.15, 0.2) is 22.7 Å². The van der Waals surface area contributed by atoms with Gasteiger partial charge in [-0.25, -0.2) is 0 Å². The van der Waals surface area contributed by atoms with Crippen LogP contribution in [-0.4, -0.2) is 16.7 Å². The van der Waals surface area contributed by atoms with E-state index in [1.54, 1.807) is 0 Å². The summed E-state index contributed by atoms with van der Waals surface area (Å²) in [5.74, 6) is 1.39. The van der Waals surface area contributed by atoms with Gasteiger partial charge in [0.1, 0.15) is 0 Å². The van der Waals surface area contributed by atoms with E-state index < -0.39 is 0 Å². The van der Waals surface area contributed by atoms with E-state index in [9.17, 15) is 0 Å². The van der Waals surface area contributed by atoms with Gasteiger partial charge in [0.2, 0.25) is 5.89 Å². The molecule has 0 bridgehead atoms. The molecule has 1 aromatic carbocycles. The van der Waals surface area contributed by atoms with E-state index in [1.165, 1.54) is 11.1 Å². The first-order valence-corrected chi connectivity index (χ1v) is 6.63. The van der Waals surface area contributed by atoms with Crippen molar-refractivity contribution in [3.63, 3.8) is 0 Å². The Hall–Kier alpha value is -1.88. The molecule has 0 aliphatic heterocycles. The van der Waals surface area contributed by atoms with E-state index in [-0.39, 0.29) is 0 Å². The molecule has 0 spiro atoms. The lowest BCUT2D eigenvalue weighted by atomic mass is 10.1. The number of hydrogen-bond acceptors (Lipinski definition) is 5. The molecule has 3 N–H and O–H groups in total. The zero-order chi connectivity index (χ0) is 13.2. The lowest BCUT2D eigenvalue weighted by Crippen LogP contribution is -2.22. The second-order valence-electron chi connectivity index (χ2n) is 4.98. The number of anilines is 1. The van der Waals surface area contributed by atoms with Crippen LogP contribution in [0.25, 0.3) is 0 Å². The van der Waals surface area contributed by atoms with E-state index in [0.717, 1.165) is 37.3 Å². The van der Waals surface area contributed by atoms with Gasteiger partial charge in [0, 0.05) is 31.6 Å². The number of nitrogens with zero attached hydrogens (tertiary/aromatic N) is 2. The summed E-state index contributed by atoms with van der Waals surface area (Å²) >= 11 is 0. The van der Waals surface area contributed by atoms with Gasteiger partial charge in [0.15, 0.2) is 5.82 Å². The molecule has 5 heteroatoms. The van der Waals surface area contributed by atoms with Crippen molar-refractivity contribution in [3.8, 4) is 0 Å². The Kier molecular flexibility index (Phi) is 3.21. The van der Waals surface area contributed by atoms with Gasteiger partial charge in [-0.15, -0.1) is 0 Å². The number of nitrogens with one attached hydrogen (secondary N) is 1. The topological polar surface area (TPSA) is 77.0 Å². The molecule has 1 atom stereocenters. The molecule has 1 aromatic heterocycles. The van der Waals surface area contributed by atoms with Crippen LogP contribution in [-0.2, 0) is 12.8 Å². The SMILES string of the molecule is Cc1nc(CCNC2CCc3cc(N)ccc32)no1. The number of aromatic nitrogens is 2. The van der Waals surface area contributed by atoms with Gasteiger partial charge in [0.05, 0.1) is 0 Å². The zero-order valence-electron chi connectivity index (χ0n) is 11.0. The standard InChI is InChI=1S/C14H18N4O/c1-9-17-14(18-19-9)6-7-16-13-5-2-10-8-11(15)3-4-12(10)13/h3-4,8,13,16H,2,5-7,15H2,1H3. The summed E-state index contributed by atoms with van der Waals surface area (Å²) in [6.07, 6.45) is 3.02. The van der Waals surface area contributed by atoms with E-state index in [1.807, 2.05) is 13.0 Å². The Morgan fingerprint density at radius 3 is 3.16 bits per heavy atom. The molecule has 0 radical (unpaired) electrons. The van der Waals surface area contributed by atoms with E-state index in [0.29, 0.717) is 11.9 Å². The van der Waals surface area contributed by atoms with Gasteiger partial charge in [0.25, 0.3) is 0 Å². The van der Waals surface area contributed by atoms with Crippen molar-refractivity contribution in [2.45, 2.75) is 32.2 Å². The molecule has 2 aromatic rings. The normalized spacial score (nSPS) is 17.6. The minimum Gasteiger partial charge on any atom is -0.399 e. The molecule has 3 rings (SSSR count). The van der Waals surface area contributed by atoms with Gasteiger partial charge in [-0.2, -0.15) is 4.98 Å². The summed E-state index contributed by atoms with van der Waals surface area (Å²) in [6.45, 7) is 2.66. The third kappa shape index (κ3) is 2.61. The lowest BCUT2D eigenvalue weighted by molar-refractivity contribution is 0.386. The van der Waals surface area contributed by atoms with Gasteiger partial charge in [-0.1, -0.05) is 11.2 Å². The quantitative estimate of drug-likeness (QED) is 0.817. The summed E-state index contributed by atoms with van der Waals surface area (Å²) in [5.41, 5.74) is 9.40. The number of fused-ring (bicyclic) bond motifs is 1. The predicted molar refractivity (Wildman–Crippen MR) is 72.7 cm³/mol. The minimum atomic E-state index is 0.420. The Morgan fingerprint density at radius 1 is 1.47 bits per heavy atom. The third-order valence-corrected chi connectivity index (χ3v) is 3.55. The highest BCUT2D eigenvalue weighted by atomic mass is 16.5. The summed E-state index contributed by atoms with van der Waals surface area (Å²) in [7, 11) is 0. The smallest absolute Gasteiger partial charge is 0.223 e. The molecule has 0 amide bonds. The Morgan fingerprint density at radius 2 is 2.37 bits per heavy atom. The number of hydrogen-bond donors (Lipinski definition) is 2. The predicted octanol–water partition coefficient (Wildman–Crippen LogP) is 1.78. The second kappa shape index (κ2) is 5.01. The van der Waals surface area contributed by atoms with Crippen molar-refractivity contribution >= 4 is 5.69 Å². The van der Waals surface area contributed by atoms with Crippen LogP contribution in [0.5, 0.6) is 0 Å². The number of benzene rings is 1. The molecule has 0 fully saturated rings. The molecule has 1 unspecified atom stereocenters. The van der Waals surface area contributed by atoms with Crippen molar-refractivity contribution < 1.29 is 4.52 Å². The number of rotatable bonds is 4. The average Bonchev–Trinajstić information content (AvgIpc) is 2.96. The molecule has 1 aliphatic carbocycles.